The van der Waals surface area contributed by atoms with Gasteiger partial charge < -0.3 is 29.3 Å². The topological polar surface area (TPSA) is 114 Å². The highest BCUT2D eigenvalue weighted by atomic mass is 19.1. The van der Waals surface area contributed by atoms with Gasteiger partial charge in [0.2, 0.25) is 5.76 Å². The second kappa shape index (κ2) is 10.8. The van der Waals surface area contributed by atoms with Crippen LogP contribution in [0.15, 0.2) is 40.9 Å². The number of aromatic nitrogens is 1. The van der Waals surface area contributed by atoms with Crippen molar-refractivity contribution < 1.29 is 37.5 Å². The molecular formula is C27H29F2N3O6. The Kier molecular flexibility index (Phi) is 7.68. The van der Waals surface area contributed by atoms with Gasteiger partial charge in [-0.15, -0.1) is 0 Å². The third-order valence-corrected chi connectivity index (χ3v) is 6.45. The molecule has 202 valence electrons. The zero-order chi connectivity index (χ0) is 27.6. The first-order valence-corrected chi connectivity index (χ1v) is 12.1. The average Bonchev–Trinajstić information content (AvgIpc) is 3.31. The van der Waals surface area contributed by atoms with Gasteiger partial charge in [-0.1, -0.05) is 19.9 Å². The van der Waals surface area contributed by atoms with Crippen LogP contribution >= 0.6 is 0 Å². The fourth-order valence-corrected chi connectivity index (χ4v) is 4.67. The Balaban J connectivity index is 1.68. The first-order valence-electron chi connectivity index (χ1n) is 12.1. The highest BCUT2D eigenvalue weighted by molar-refractivity contribution is 6.01. The zero-order valence-corrected chi connectivity index (χ0v) is 21.5. The molecule has 0 bridgehead atoms. The summed E-state index contributed by atoms with van der Waals surface area (Å²) in [4.78, 5) is 28.1. The van der Waals surface area contributed by atoms with E-state index in [1.54, 1.807) is 39.0 Å². The van der Waals surface area contributed by atoms with Gasteiger partial charge in [-0.25, -0.2) is 8.78 Å². The van der Waals surface area contributed by atoms with Gasteiger partial charge in [0.25, 0.3) is 17.7 Å². The fraction of sp³-hybridized carbons (Fsp3) is 0.370. The number of methoxy groups -OCH3 is 1. The highest BCUT2D eigenvalue weighted by Crippen LogP contribution is 2.36. The normalized spacial score (nSPS) is 15.2. The predicted molar refractivity (Wildman–Crippen MR) is 133 cm³/mol. The maximum Gasteiger partial charge on any atom is 0.293 e. The number of rotatable bonds is 8. The van der Waals surface area contributed by atoms with Crippen LogP contribution in [0, 0.1) is 11.6 Å². The summed E-state index contributed by atoms with van der Waals surface area (Å²) < 4.78 is 45.8. The van der Waals surface area contributed by atoms with Crippen LogP contribution in [0.2, 0.25) is 0 Å². The van der Waals surface area contributed by atoms with Gasteiger partial charge in [-0.3, -0.25) is 9.59 Å². The first kappa shape index (κ1) is 27.1. The van der Waals surface area contributed by atoms with E-state index in [9.17, 15) is 14.7 Å². The van der Waals surface area contributed by atoms with Crippen molar-refractivity contribution in [1.82, 2.24) is 10.1 Å². The molecule has 2 amide bonds. The van der Waals surface area contributed by atoms with E-state index < -0.39 is 40.8 Å². The molecule has 3 aromatic rings. The fourth-order valence-electron chi connectivity index (χ4n) is 4.67. The molecule has 0 fully saturated rings. The van der Waals surface area contributed by atoms with E-state index in [0.29, 0.717) is 24.3 Å². The lowest BCUT2D eigenvalue weighted by molar-refractivity contribution is -0.121. The van der Waals surface area contributed by atoms with E-state index in [1.165, 1.54) is 12.0 Å². The molecule has 2 N–H and O–H groups in total. The number of halogens is 2. The van der Waals surface area contributed by atoms with Gasteiger partial charge in [-0.2, -0.15) is 0 Å². The van der Waals surface area contributed by atoms with Crippen LogP contribution in [0.5, 0.6) is 11.6 Å². The van der Waals surface area contributed by atoms with Gasteiger partial charge in [0.15, 0.2) is 0 Å². The lowest BCUT2D eigenvalue weighted by Gasteiger charge is -2.36. The largest absolute Gasteiger partial charge is 0.497 e. The minimum atomic E-state index is -1.16. The molecule has 4 rings (SSSR count). The number of carbonyl (C=O) groups excluding carboxylic acids is 2. The van der Waals surface area contributed by atoms with Crippen molar-refractivity contribution in [2.24, 2.45) is 0 Å². The van der Waals surface area contributed by atoms with Gasteiger partial charge >= 0.3 is 0 Å². The smallest absolute Gasteiger partial charge is 0.293 e. The summed E-state index contributed by atoms with van der Waals surface area (Å²) in [6.07, 6.45) is 0.412. The number of hydrogen-bond donors (Lipinski definition) is 2. The summed E-state index contributed by atoms with van der Waals surface area (Å²) in [5, 5.41) is 15.4. The Morgan fingerprint density at radius 3 is 2.53 bits per heavy atom. The van der Waals surface area contributed by atoms with Gasteiger partial charge in [-0.05, 0) is 53.9 Å². The molecule has 2 heterocycles. The van der Waals surface area contributed by atoms with Crippen LogP contribution < -0.4 is 10.1 Å². The molecule has 1 aliphatic heterocycles. The van der Waals surface area contributed by atoms with Crippen molar-refractivity contribution >= 4 is 17.5 Å². The second-order valence-electron chi connectivity index (χ2n) is 9.59. The second-order valence-corrected chi connectivity index (χ2v) is 9.59. The predicted octanol–water partition coefficient (Wildman–Crippen LogP) is 4.36. The Morgan fingerprint density at radius 2 is 1.92 bits per heavy atom. The number of anilines is 1. The summed E-state index contributed by atoms with van der Waals surface area (Å²) in [6.45, 7) is 5.77. The Bertz CT molecular complexity index is 1330. The number of nitrogens with one attached hydrogen (secondary N) is 1. The minimum Gasteiger partial charge on any atom is -0.497 e. The van der Waals surface area contributed by atoms with Crippen molar-refractivity contribution in [3.8, 4) is 11.6 Å². The Hall–Kier alpha value is -3.99. The number of ether oxygens (including phenoxy) is 2. The van der Waals surface area contributed by atoms with Crippen molar-refractivity contribution in [1.29, 1.82) is 0 Å². The molecular weight excluding hydrogens is 500 g/mol. The molecule has 0 spiro atoms. The molecule has 38 heavy (non-hydrogen) atoms. The van der Waals surface area contributed by atoms with E-state index in [4.69, 9.17) is 14.0 Å². The molecule has 1 aliphatic rings. The van der Waals surface area contributed by atoms with Crippen LogP contribution in [0.25, 0.3) is 0 Å². The average molecular weight is 530 g/mol. The molecule has 0 unspecified atom stereocenters. The monoisotopic (exact) mass is 529 g/mol. The molecule has 0 saturated carbocycles. The third-order valence-electron chi connectivity index (χ3n) is 6.45. The molecule has 0 saturated heterocycles. The summed E-state index contributed by atoms with van der Waals surface area (Å²) in [7, 11) is 1.52. The summed E-state index contributed by atoms with van der Waals surface area (Å²) in [5.74, 6) is -3.17. The summed E-state index contributed by atoms with van der Waals surface area (Å²) in [5.41, 5.74) is 0.0913. The maximum atomic E-state index is 15.1. The first-order chi connectivity index (χ1) is 18.1. The molecule has 0 aliphatic carbocycles. The maximum absolute atomic E-state index is 15.1. The minimum absolute atomic E-state index is 0.105. The number of aromatic hydroxyl groups is 1. The summed E-state index contributed by atoms with van der Waals surface area (Å²) in [6, 6.07) is 7.06. The van der Waals surface area contributed by atoms with E-state index in [-0.39, 0.29) is 30.2 Å². The van der Waals surface area contributed by atoms with Crippen LogP contribution in [0.3, 0.4) is 0 Å². The quantitative estimate of drug-likeness (QED) is 0.446. The van der Waals surface area contributed by atoms with Gasteiger partial charge in [0.1, 0.15) is 23.4 Å². The Morgan fingerprint density at radius 1 is 1.21 bits per heavy atom. The standard InChI is InChI=1S/C27H29F2N3O6/c1-5-37-14-27(2,3)23-19(28)11-16(12-20(23)29)30-25(34)24-18-7-6-17(36-4)10-15(18)8-9-32(24)26(35)21-13-22(33)31-38-21/h6-7,10-13,24H,5,8-9,14H2,1-4H3,(H,30,34)(H,31,33)/t24-/m1/s1. The van der Waals surface area contributed by atoms with E-state index >= 15 is 8.78 Å². The van der Waals surface area contributed by atoms with E-state index in [2.05, 4.69) is 10.5 Å². The molecule has 1 atom stereocenters. The molecule has 11 heteroatoms. The van der Waals surface area contributed by atoms with Crippen LogP contribution in [-0.2, 0) is 21.4 Å². The lowest BCUT2D eigenvalue weighted by atomic mass is 9.84. The molecule has 9 nitrogen and oxygen atoms in total. The van der Waals surface area contributed by atoms with Crippen LogP contribution in [0.1, 0.15) is 54.1 Å². The SMILES string of the molecule is CCOCC(C)(C)c1c(F)cc(NC(=O)[C@H]2c3ccc(OC)cc3CCN2C(=O)c2cc(O)no2)cc1F. The number of amides is 2. The number of benzene rings is 2. The van der Waals surface area contributed by atoms with Crippen LogP contribution in [-0.4, -0.2) is 53.8 Å². The van der Waals surface area contributed by atoms with Crippen molar-refractivity contribution in [3.63, 3.8) is 0 Å². The highest BCUT2D eigenvalue weighted by Gasteiger charge is 2.38. The van der Waals surface area contributed by atoms with Crippen molar-refractivity contribution in [2.75, 3.05) is 32.2 Å². The van der Waals surface area contributed by atoms with Crippen molar-refractivity contribution in [3.05, 3.63) is 70.5 Å². The third kappa shape index (κ3) is 5.33. The molecule has 0 radical (unpaired) electrons. The van der Waals surface area contributed by atoms with Crippen molar-refractivity contribution in [2.45, 2.75) is 38.6 Å². The number of hydrogen-bond acceptors (Lipinski definition) is 7. The van der Waals surface area contributed by atoms with E-state index in [1.807, 2.05) is 0 Å². The number of fused-ring (bicyclic) bond motifs is 1. The molecule has 2 aromatic carbocycles. The number of carbonyl (C=O) groups is 2. The lowest BCUT2D eigenvalue weighted by Crippen LogP contribution is -2.45. The summed E-state index contributed by atoms with van der Waals surface area (Å²) >= 11 is 0. The zero-order valence-electron chi connectivity index (χ0n) is 21.5. The number of nitrogens with zero attached hydrogens (tertiary/aromatic N) is 2. The van der Waals surface area contributed by atoms with Gasteiger partial charge in [0, 0.05) is 29.8 Å². The van der Waals surface area contributed by atoms with E-state index in [0.717, 1.165) is 23.8 Å². The Labute approximate surface area is 218 Å². The van der Waals surface area contributed by atoms with Gasteiger partial charge in [0.05, 0.1) is 19.8 Å². The molecule has 1 aromatic heterocycles. The van der Waals surface area contributed by atoms with Crippen LogP contribution in [0.4, 0.5) is 14.5 Å².